The van der Waals surface area contributed by atoms with E-state index in [9.17, 15) is 9.59 Å². The Morgan fingerprint density at radius 3 is 2.28 bits per heavy atom. The van der Waals surface area contributed by atoms with E-state index in [1.54, 1.807) is 0 Å². The number of hydrogen-bond acceptors (Lipinski definition) is 6. The number of ether oxygens (including phenoxy) is 4. The maximum Gasteiger partial charge on any atom is 0.303 e. The van der Waals surface area contributed by atoms with Crippen molar-refractivity contribution in [2.24, 2.45) is 0 Å². The molecule has 1 fully saturated rings. The van der Waals surface area contributed by atoms with Crippen molar-refractivity contribution in [3.05, 3.63) is 0 Å². The summed E-state index contributed by atoms with van der Waals surface area (Å²) in [6.45, 7) is 6.63. The van der Waals surface area contributed by atoms with Crippen LogP contribution >= 0.6 is 0 Å². The predicted octanol–water partition coefficient (Wildman–Crippen LogP) is 1.02. The van der Waals surface area contributed by atoms with E-state index < -0.39 is 24.5 Å². The molecule has 0 aromatic carbocycles. The number of carbonyl (C=O) groups excluding carboxylic acids is 2. The average molecular weight is 260 g/mol. The Morgan fingerprint density at radius 1 is 1.17 bits per heavy atom. The molecule has 0 bridgehead atoms. The number of esters is 2. The Morgan fingerprint density at radius 2 is 1.78 bits per heavy atom. The summed E-state index contributed by atoms with van der Waals surface area (Å²) in [4.78, 5) is 21.9. The molecule has 1 heterocycles. The summed E-state index contributed by atoms with van der Waals surface area (Å²) < 4.78 is 21.1. The van der Waals surface area contributed by atoms with Crippen LogP contribution in [0.5, 0.6) is 0 Å². The van der Waals surface area contributed by atoms with E-state index >= 15 is 0 Å². The van der Waals surface area contributed by atoms with Gasteiger partial charge in [0.1, 0.15) is 6.10 Å². The molecule has 3 atom stereocenters. The fourth-order valence-corrected chi connectivity index (χ4v) is 1.78. The van der Waals surface area contributed by atoms with Gasteiger partial charge in [-0.1, -0.05) is 0 Å². The van der Waals surface area contributed by atoms with Crippen LogP contribution < -0.4 is 0 Å². The first-order valence-corrected chi connectivity index (χ1v) is 6.00. The minimum Gasteiger partial charge on any atom is -0.460 e. The Balaban J connectivity index is 2.60. The summed E-state index contributed by atoms with van der Waals surface area (Å²) in [5.74, 6) is -0.794. The topological polar surface area (TPSA) is 71.1 Å². The summed E-state index contributed by atoms with van der Waals surface area (Å²) >= 11 is 0. The highest BCUT2D eigenvalue weighted by atomic mass is 16.7. The van der Waals surface area contributed by atoms with Crippen LogP contribution in [0.2, 0.25) is 0 Å². The zero-order valence-electron chi connectivity index (χ0n) is 11.2. The van der Waals surface area contributed by atoms with E-state index in [0.717, 1.165) is 0 Å². The second-order valence-corrected chi connectivity index (χ2v) is 4.50. The van der Waals surface area contributed by atoms with Crippen LogP contribution in [0.15, 0.2) is 0 Å². The lowest BCUT2D eigenvalue weighted by Crippen LogP contribution is -2.46. The first kappa shape index (κ1) is 14.9. The molecule has 1 aliphatic heterocycles. The van der Waals surface area contributed by atoms with Crippen molar-refractivity contribution in [2.75, 3.05) is 6.61 Å². The molecular formula is C12H20O6. The Bertz CT molecular complexity index is 301. The largest absolute Gasteiger partial charge is 0.460 e. The van der Waals surface area contributed by atoms with Crippen molar-refractivity contribution in [2.45, 2.75) is 58.7 Å². The number of hydrogen-bond donors (Lipinski definition) is 0. The third kappa shape index (κ3) is 5.01. The van der Waals surface area contributed by atoms with Gasteiger partial charge in [0, 0.05) is 20.3 Å². The van der Waals surface area contributed by atoms with Crippen LogP contribution in [-0.2, 0) is 28.5 Å². The molecule has 1 aliphatic rings. The highest BCUT2D eigenvalue weighted by Crippen LogP contribution is 2.22. The molecule has 0 aromatic heterocycles. The van der Waals surface area contributed by atoms with Crippen molar-refractivity contribution in [1.29, 1.82) is 0 Å². The van der Waals surface area contributed by atoms with Crippen LogP contribution in [0, 0.1) is 0 Å². The number of carbonyl (C=O) groups is 2. The lowest BCUT2D eigenvalue weighted by molar-refractivity contribution is -0.256. The molecule has 0 spiro atoms. The maximum atomic E-state index is 11.0. The van der Waals surface area contributed by atoms with Gasteiger partial charge in [0.2, 0.25) is 0 Å². The van der Waals surface area contributed by atoms with Gasteiger partial charge in [-0.05, 0) is 13.8 Å². The van der Waals surface area contributed by atoms with Gasteiger partial charge in [0.05, 0.1) is 12.7 Å². The predicted molar refractivity (Wildman–Crippen MR) is 61.7 cm³/mol. The molecule has 0 aliphatic carbocycles. The molecule has 6 heteroatoms. The highest BCUT2D eigenvalue weighted by molar-refractivity contribution is 5.66. The van der Waals surface area contributed by atoms with Gasteiger partial charge >= 0.3 is 11.9 Å². The van der Waals surface area contributed by atoms with E-state index in [0.29, 0.717) is 6.42 Å². The summed E-state index contributed by atoms with van der Waals surface area (Å²) in [6.07, 6.45) is -1.22. The van der Waals surface area contributed by atoms with Crippen molar-refractivity contribution >= 4 is 11.9 Å². The molecule has 104 valence electrons. The molecule has 0 aromatic rings. The molecule has 1 saturated heterocycles. The zero-order chi connectivity index (χ0) is 13.7. The Kier molecular flexibility index (Phi) is 5.55. The van der Waals surface area contributed by atoms with Gasteiger partial charge < -0.3 is 18.9 Å². The smallest absolute Gasteiger partial charge is 0.303 e. The Labute approximate surface area is 107 Å². The van der Waals surface area contributed by atoms with Crippen molar-refractivity contribution in [3.63, 3.8) is 0 Å². The van der Waals surface area contributed by atoms with Crippen molar-refractivity contribution < 1.29 is 28.5 Å². The van der Waals surface area contributed by atoms with Gasteiger partial charge in [-0.15, -0.1) is 0 Å². The summed E-state index contributed by atoms with van der Waals surface area (Å²) in [5, 5.41) is 0. The second kappa shape index (κ2) is 6.70. The maximum absolute atomic E-state index is 11.0. The molecule has 0 amide bonds. The van der Waals surface area contributed by atoms with E-state index in [-0.39, 0.29) is 18.7 Å². The Hall–Kier alpha value is -1.14. The lowest BCUT2D eigenvalue weighted by Gasteiger charge is -2.35. The fourth-order valence-electron chi connectivity index (χ4n) is 1.78. The standard InChI is InChI=1S/C12H20O6/c1-7(2)16-12-11(18-9(4)14)5-10(6-15-12)17-8(3)13/h7,10-12H,5-6H2,1-4H3/t10-,11-,12+/m0/s1. The van der Waals surface area contributed by atoms with Crippen LogP contribution in [0.4, 0.5) is 0 Å². The third-order valence-electron chi connectivity index (χ3n) is 2.30. The second-order valence-electron chi connectivity index (χ2n) is 4.50. The quantitative estimate of drug-likeness (QED) is 0.703. The fraction of sp³-hybridized carbons (Fsp3) is 0.833. The van der Waals surface area contributed by atoms with Gasteiger partial charge in [0.25, 0.3) is 0 Å². The molecule has 0 radical (unpaired) electrons. The van der Waals surface area contributed by atoms with Crippen molar-refractivity contribution in [1.82, 2.24) is 0 Å². The first-order chi connectivity index (χ1) is 8.38. The first-order valence-electron chi connectivity index (χ1n) is 6.00. The molecule has 6 nitrogen and oxygen atoms in total. The monoisotopic (exact) mass is 260 g/mol. The minimum absolute atomic E-state index is 0.0432. The minimum atomic E-state index is -0.610. The van der Waals surface area contributed by atoms with Gasteiger partial charge in [-0.3, -0.25) is 9.59 Å². The van der Waals surface area contributed by atoms with Crippen LogP contribution in [0.3, 0.4) is 0 Å². The van der Waals surface area contributed by atoms with E-state index in [1.807, 2.05) is 13.8 Å². The van der Waals surface area contributed by atoms with E-state index in [4.69, 9.17) is 18.9 Å². The van der Waals surface area contributed by atoms with Crippen LogP contribution in [0.1, 0.15) is 34.1 Å². The summed E-state index contributed by atoms with van der Waals surface area (Å²) in [6, 6.07) is 0. The molecule has 0 unspecified atom stereocenters. The van der Waals surface area contributed by atoms with Gasteiger partial charge in [-0.2, -0.15) is 0 Å². The average Bonchev–Trinajstić information content (AvgIpc) is 2.19. The molecular weight excluding hydrogens is 240 g/mol. The lowest BCUT2D eigenvalue weighted by atomic mass is 10.1. The molecule has 18 heavy (non-hydrogen) atoms. The highest BCUT2D eigenvalue weighted by Gasteiger charge is 2.36. The number of rotatable bonds is 4. The normalized spacial score (nSPS) is 27.9. The van der Waals surface area contributed by atoms with Crippen LogP contribution in [0.25, 0.3) is 0 Å². The van der Waals surface area contributed by atoms with Crippen LogP contribution in [-0.4, -0.2) is 43.1 Å². The van der Waals surface area contributed by atoms with E-state index in [1.165, 1.54) is 13.8 Å². The zero-order valence-corrected chi connectivity index (χ0v) is 11.2. The summed E-state index contributed by atoms with van der Waals surface area (Å²) in [7, 11) is 0. The molecule has 0 N–H and O–H groups in total. The van der Waals surface area contributed by atoms with Crippen molar-refractivity contribution in [3.8, 4) is 0 Å². The summed E-state index contributed by atoms with van der Waals surface area (Å²) in [5.41, 5.74) is 0. The van der Waals surface area contributed by atoms with Gasteiger partial charge in [0.15, 0.2) is 12.4 Å². The molecule has 1 rings (SSSR count). The molecule has 0 saturated carbocycles. The van der Waals surface area contributed by atoms with Gasteiger partial charge in [-0.25, -0.2) is 0 Å². The third-order valence-corrected chi connectivity index (χ3v) is 2.30. The SMILES string of the molecule is CC(=O)O[C@@H]1CO[C@H](OC(C)C)[C@@H](OC(C)=O)C1. The van der Waals surface area contributed by atoms with E-state index in [2.05, 4.69) is 0 Å².